The standard InChI is InChI=1S/C11H25NO2/c1-5-11(9(2)3)12-10(6-7-13)8-14-4/h9-13H,5-8H2,1-4H3. The maximum atomic E-state index is 8.89. The topological polar surface area (TPSA) is 41.5 Å². The van der Waals surface area contributed by atoms with Gasteiger partial charge in [0.2, 0.25) is 0 Å². The van der Waals surface area contributed by atoms with Crippen molar-refractivity contribution < 1.29 is 9.84 Å². The molecule has 0 aliphatic rings. The highest BCUT2D eigenvalue weighted by molar-refractivity contribution is 4.75. The summed E-state index contributed by atoms with van der Waals surface area (Å²) in [6, 6.07) is 0.791. The number of aliphatic hydroxyl groups is 1. The second kappa shape index (κ2) is 8.21. The normalized spacial score (nSPS) is 15.9. The van der Waals surface area contributed by atoms with Gasteiger partial charge in [-0.25, -0.2) is 0 Å². The number of ether oxygens (including phenoxy) is 1. The Hall–Kier alpha value is -0.120. The molecule has 0 heterocycles. The first-order chi connectivity index (χ1) is 6.65. The fourth-order valence-corrected chi connectivity index (χ4v) is 1.66. The molecular weight excluding hydrogens is 178 g/mol. The zero-order valence-electron chi connectivity index (χ0n) is 9.92. The summed E-state index contributed by atoms with van der Waals surface area (Å²) in [6.45, 7) is 7.49. The molecular formula is C11H25NO2. The molecule has 0 aromatic rings. The van der Waals surface area contributed by atoms with Crippen molar-refractivity contribution in [2.24, 2.45) is 5.92 Å². The molecule has 0 aliphatic heterocycles. The number of rotatable bonds is 8. The summed E-state index contributed by atoms with van der Waals surface area (Å²) in [4.78, 5) is 0. The molecule has 2 unspecified atom stereocenters. The van der Waals surface area contributed by atoms with Gasteiger partial charge in [-0.05, 0) is 18.8 Å². The van der Waals surface area contributed by atoms with Gasteiger partial charge in [0.1, 0.15) is 0 Å². The van der Waals surface area contributed by atoms with E-state index in [9.17, 15) is 0 Å². The molecule has 3 nitrogen and oxygen atoms in total. The van der Waals surface area contributed by atoms with Crippen LogP contribution in [0, 0.1) is 5.92 Å². The molecule has 0 aliphatic carbocycles. The molecule has 0 saturated heterocycles. The Balaban J connectivity index is 3.96. The molecule has 0 rings (SSSR count). The first kappa shape index (κ1) is 13.9. The molecule has 0 spiro atoms. The van der Waals surface area contributed by atoms with E-state index in [-0.39, 0.29) is 12.6 Å². The minimum Gasteiger partial charge on any atom is -0.396 e. The van der Waals surface area contributed by atoms with Crippen molar-refractivity contribution in [2.75, 3.05) is 20.3 Å². The minimum atomic E-state index is 0.218. The number of nitrogens with one attached hydrogen (secondary N) is 1. The van der Waals surface area contributed by atoms with E-state index in [0.717, 1.165) is 12.8 Å². The average Bonchev–Trinajstić information content (AvgIpc) is 2.14. The van der Waals surface area contributed by atoms with E-state index in [0.29, 0.717) is 18.6 Å². The summed E-state index contributed by atoms with van der Waals surface area (Å²) in [7, 11) is 1.70. The molecule has 0 bridgehead atoms. The molecule has 3 heteroatoms. The van der Waals surface area contributed by atoms with E-state index in [2.05, 4.69) is 26.1 Å². The van der Waals surface area contributed by atoms with E-state index < -0.39 is 0 Å². The zero-order valence-corrected chi connectivity index (χ0v) is 9.92. The highest BCUT2D eigenvalue weighted by Gasteiger charge is 2.16. The van der Waals surface area contributed by atoms with E-state index in [1.54, 1.807) is 7.11 Å². The number of methoxy groups -OCH3 is 1. The summed E-state index contributed by atoms with van der Waals surface area (Å²) in [6.07, 6.45) is 1.88. The van der Waals surface area contributed by atoms with Crippen LogP contribution in [0.3, 0.4) is 0 Å². The van der Waals surface area contributed by atoms with E-state index >= 15 is 0 Å². The fraction of sp³-hybridized carbons (Fsp3) is 1.00. The van der Waals surface area contributed by atoms with Crippen LogP contribution in [0.1, 0.15) is 33.6 Å². The summed E-state index contributed by atoms with van der Waals surface area (Å²) in [5.41, 5.74) is 0. The van der Waals surface area contributed by atoms with E-state index in [1.165, 1.54) is 0 Å². The maximum Gasteiger partial charge on any atom is 0.0616 e. The highest BCUT2D eigenvalue weighted by Crippen LogP contribution is 2.07. The maximum absolute atomic E-state index is 8.89. The van der Waals surface area contributed by atoms with Crippen LogP contribution >= 0.6 is 0 Å². The lowest BCUT2D eigenvalue weighted by Gasteiger charge is -2.26. The van der Waals surface area contributed by atoms with Crippen molar-refractivity contribution in [1.29, 1.82) is 0 Å². The Morgan fingerprint density at radius 3 is 2.36 bits per heavy atom. The molecule has 0 saturated carbocycles. The van der Waals surface area contributed by atoms with Gasteiger partial charge >= 0.3 is 0 Å². The summed E-state index contributed by atoms with van der Waals surface area (Å²) >= 11 is 0. The van der Waals surface area contributed by atoms with Crippen LogP contribution in [0.4, 0.5) is 0 Å². The largest absolute Gasteiger partial charge is 0.396 e. The van der Waals surface area contributed by atoms with Crippen molar-refractivity contribution in [3.8, 4) is 0 Å². The number of hydrogen-bond acceptors (Lipinski definition) is 3. The van der Waals surface area contributed by atoms with Gasteiger partial charge in [-0.2, -0.15) is 0 Å². The monoisotopic (exact) mass is 203 g/mol. The van der Waals surface area contributed by atoms with Crippen molar-refractivity contribution in [3.63, 3.8) is 0 Å². The smallest absolute Gasteiger partial charge is 0.0616 e. The van der Waals surface area contributed by atoms with Gasteiger partial charge in [-0.1, -0.05) is 20.8 Å². The Morgan fingerprint density at radius 2 is 2.00 bits per heavy atom. The summed E-state index contributed by atoms with van der Waals surface area (Å²) in [5, 5.41) is 12.4. The van der Waals surface area contributed by atoms with Crippen molar-refractivity contribution in [2.45, 2.75) is 45.7 Å². The van der Waals surface area contributed by atoms with E-state index in [1.807, 2.05) is 0 Å². The Morgan fingerprint density at radius 1 is 1.36 bits per heavy atom. The average molecular weight is 203 g/mol. The highest BCUT2D eigenvalue weighted by atomic mass is 16.5. The molecule has 0 amide bonds. The Labute approximate surface area is 87.8 Å². The zero-order chi connectivity index (χ0) is 11.0. The number of hydrogen-bond donors (Lipinski definition) is 2. The molecule has 0 aromatic heterocycles. The van der Waals surface area contributed by atoms with E-state index in [4.69, 9.17) is 9.84 Å². The first-order valence-electron chi connectivity index (χ1n) is 5.51. The molecule has 2 atom stereocenters. The van der Waals surface area contributed by atoms with Crippen LogP contribution in [-0.2, 0) is 4.74 Å². The third-order valence-corrected chi connectivity index (χ3v) is 2.54. The van der Waals surface area contributed by atoms with Crippen molar-refractivity contribution in [3.05, 3.63) is 0 Å². The molecule has 0 fully saturated rings. The van der Waals surface area contributed by atoms with Crippen molar-refractivity contribution in [1.82, 2.24) is 5.32 Å². The van der Waals surface area contributed by atoms with Gasteiger partial charge in [-0.15, -0.1) is 0 Å². The number of aliphatic hydroxyl groups excluding tert-OH is 1. The van der Waals surface area contributed by atoms with Crippen molar-refractivity contribution >= 4 is 0 Å². The van der Waals surface area contributed by atoms with Crippen LogP contribution in [0.15, 0.2) is 0 Å². The summed E-state index contributed by atoms with van der Waals surface area (Å²) in [5.74, 6) is 0.623. The van der Waals surface area contributed by atoms with Gasteiger partial charge in [0.05, 0.1) is 6.61 Å². The summed E-state index contributed by atoms with van der Waals surface area (Å²) < 4.78 is 5.11. The van der Waals surface area contributed by atoms with Gasteiger partial charge in [0, 0.05) is 25.8 Å². The quantitative estimate of drug-likeness (QED) is 0.626. The molecule has 0 aromatic carbocycles. The van der Waals surface area contributed by atoms with Gasteiger partial charge in [0.15, 0.2) is 0 Å². The van der Waals surface area contributed by atoms with Crippen LogP contribution in [0.5, 0.6) is 0 Å². The van der Waals surface area contributed by atoms with Crippen LogP contribution < -0.4 is 5.32 Å². The predicted octanol–water partition coefficient (Wildman–Crippen LogP) is 1.41. The lowest BCUT2D eigenvalue weighted by Crippen LogP contribution is -2.43. The van der Waals surface area contributed by atoms with Gasteiger partial charge in [-0.3, -0.25) is 0 Å². The molecule has 86 valence electrons. The SMILES string of the molecule is CCC(NC(CCO)COC)C(C)C. The lowest BCUT2D eigenvalue weighted by molar-refractivity contribution is 0.137. The minimum absolute atomic E-state index is 0.218. The molecule has 14 heavy (non-hydrogen) atoms. The third-order valence-electron chi connectivity index (χ3n) is 2.54. The predicted molar refractivity (Wildman–Crippen MR) is 59.4 cm³/mol. The lowest BCUT2D eigenvalue weighted by atomic mass is 10.0. The Bertz CT molecular complexity index is 122. The molecule has 2 N–H and O–H groups in total. The van der Waals surface area contributed by atoms with Gasteiger partial charge < -0.3 is 15.2 Å². The Kier molecular flexibility index (Phi) is 8.14. The van der Waals surface area contributed by atoms with Crippen LogP contribution in [0.25, 0.3) is 0 Å². The first-order valence-corrected chi connectivity index (χ1v) is 5.51. The molecule has 0 radical (unpaired) electrons. The second-order valence-corrected chi connectivity index (χ2v) is 4.09. The fourth-order valence-electron chi connectivity index (χ4n) is 1.66. The van der Waals surface area contributed by atoms with Crippen LogP contribution in [0.2, 0.25) is 0 Å². The second-order valence-electron chi connectivity index (χ2n) is 4.09. The van der Waals surface area contributed by atoms with Crippen LogP contribution in [-0.4, -0.2) is 37.5 Å². The third kappa shape index (κ3) is 5.58. The van der Waals surface area contributed by atoms with Gasteiger partial charge in [0.25, 0.3) is 0 Å².